The summed E-state index contributed by atoms with van der Waals surface area (Å²) >= 11 is 12.3. The number of aromatic nitrogens is 4. The first-order valence-corrected chi connectivity index (χ1v) is 9.46. The lowest BCUT2D eigenvalue weighted by molar-refractivity contribution is -0.137. The quantitative estimate of drug-likeness (QED) is 0.547. The van der Waals surface area contributed by atoms with Gasteiger partial charge in [-0.15, -0.1) is 0 Å². The molecule has 0 saturated carbocycles. The predicted molar refractivity (Wildman–Crippen MR) is 102 cm³/mol. The summed E-state index contributed by atoms with van der Waals surface area (Å²) in [7, 11) is 0. The van der Waals surface area contributed by atoms with E-state index >= 15 is 0 Å². The number of hydrogen-bond acceptors (Lipinski definition) is 5. The number of benzene rings is 1. The topological polar surface area (TPSA) is 54.8 Å². The first kappa shape index (κ1) is 20.0. The van der Waals surface area contributed by atoms with E-state index in [9.17, 15) is 13.2 Å². The maximum Gasteiger partial charge on any atom is 0.416 e. The normalized spacial score (nSPS) is 14.7. The van der Waals surface area contributed by atoms with Crippen LogP contribution in [0.5, 0.6) is 0 Å². The van der Waals surface area contributed by atoms with Gasteiger partial charge in [-0.3, -0.25) is 4.90 Å². The number of alkyl halides is 3. The molecule has 1 aliphatic heterocycles. The van der Waals surface area contributed by atoms with E-state index in [1.807, 2.05) is 0 Å². The molecule has 2 aromatic heterocycles. The van der Waals surface area contributed by atoms with E-state index < -0.39 is 11.7 Å². The summed E-state index contributed by atoms with van der Waals surface area (Å²) in [5.41, 5.74) is 2.31. The van der Waals surface area contributed by atoms with Gasteiger partial charge in [-0.2, -0.15) is 13.2 Å². The Morgan fingerprint density at radius 3 is 2.34 bits per heavy atom. The fourth-order valence-corrected chi connectivity index (χ4v) is 3.60. The predicted octanol–water partition coefficient (Wildman–Crippen LogP) is 4.82. The summed E-state index contributed by atoms with van der Waals surface area (Å²) in [6.07, 6.45) is -0.591. The van der Waals surface area contributed by atoms with Gasteiger partial charge in [-0.05, 0) is 24.1 Å². The van der Waals surface area contributed by atoms with Gasteiger partial charge in [0.1, 0.15) is 16.6 Å². The van der Waals surface area contributed by atoms with Crippen LogP contribution in [0.25, 0.3) is 11.4 Å². The van der Waals surface area contributed by atoms with Gasteiger partial charge >= 0.3 is 6.18 Å². The van der Waals surface area contributed by atoms with Gasteiger partial charge in [0, 0.05) is 37.0 Å². The highest BCUT2D eigenvalue weighted by Gasteiger charge is 2.30. The number of hydrogen-bond donors (Lipinski definition) is 0. The van der Waals surface area contributed by atoms with Crippen LogP contribution in [0.2, 0.25) is 10.3 Å². The molecule has 0 fully saturated rings. The summed E-state index contributed by atoms with van der Waals surface area (Å²) in [4.78, 5) is 18.9. The first-order valence-electron chi connectivity index (χ1n) is 8.71. The molecule has 0 radical (unpaired) electrons. The molecule has 0 unspecified atom stereocenters. The highest BCUT2D eigenvalue weighted by molar-refractivity contribution is 6.34. The lowest BCUT2D eigenvalue weighted by Crippen LogP contribution is -2.31. The minimum Gasteiger partial charge on any atom is -0.293 e. The molecule has 4 rings (SSSR count). The van der Waals surface area contributed by atoms with Crippen molar-refractivity contribution in [2.24, 2.45) is 0 Å². The molecular formula is C19H14Cl2F3N5. The van der Waals surface area contributed by atoms with Crippen molar-refractivity contribution >= 4 is 23.2 Å². The fourth-order valence-electron chi connectivity index (χ4n) is 3.16. The van der Waals surface area contributed by atoms with Crippen molar-refractivity contribution in [1.29, 1.82) is 0 Å². The molecule has 29 heavy (non-hydrogen) atoms. The molecule has 0 spiro atoms. The molecule has 3 aromatic rings. The SMILES string of the molecule is FC(F)(F)c1ccc(-c2ncc3c(n2)CN(Cc2c(Cl)ncnc2Cl)CC3)cc1. The van der Waals surface area contributed by atoms with Gasteiger partial charge in [-0.1, -0.05) is 35.3 Å². The van der Waals surface area contributed by atoms with E-state index in [0.717, 1.165) is 36.4 Å². The highest BCUT2D eigenvalue weighted by atomic mass is 35.5. The molecule has 150 valence electrons. The molecule has 0 atom stereocenters. The smallest absolute Gasteiger partial charge is 0.293 e. The fraction of sp³-hybridized carbons (Fsp3) is 0.263. The number of halogens is 5. The lowest BCUT2D eigenvalue weighted by atomic mass is 10.1. The summed E-state index contributed by atoms with van der Waals surface area (Å²) in [6, 6.07) is 4.83. The molecule has 0 bridgehead atoms. The van der Waals surface area contributed by atoms with Crippen molar-refractivity contribution in [3.05, 3.63) is 69.5 Å². The Hall–Kier alpha value is -2.29. The lowest BCUT2D eigenvalue weighted by Gasteiger charge is -2.28. The molecule has 10 heteroatoms. The molecule has 1 aliphatic rings. The largest absolute Gasteiger partial charge is 0.416 e. The van der Waals surface area contributed by atoms with E-state index in [1.54, 1.807) is 6.20 Å². The summed E-state index contributed by atoms with van der Waals surface area (Å²) in [5.74, 6) is 0.387. The molecule has 1 aromatic carbocycles. The minimum absolute atomic E-state index is 0.309. The molecule has 0 saturated heterocycles. The van der Waals surface area contributed by atoms with Crippen LogP contribution in [0.3, 0.4) is 0 Å². The zero-order valence-electron chi connectivity index (χ0n) is 14.9. The summed E-state index contributed by atoms with van der Waals surface area (Å²) in [5, 5.41) is 0.618. The molecule has 5 nitrogen and oxygen atoms in total. The van der Waals surface area contributed by atoms with Gasteiger partial charge in [-0.25, -0.2) is 19.9 Å². The Balaban J connectivity index is 1.56. The molecule has 3 heterocycles. The highest BCUT2D eigenvalue weighted by Crippen LogP contribution is 2.31. The molecule has 0 N–H and O–H groups in total. The van der Waals surface area contributed by atoms with E-state index in [4.69, 9.17) is 23.2 Å². The van der Waals surface area contributed by atoms with Crippen molar-refractivity contribution in [2.45, 2.75) is 25.7 Å². The maximum absolute atomic E-state index is 12.8. The van der Waals surface area contributed by atoms with E-state index in [0.29, 0.717) is 40.3 Å². The van der Waals surface area contributed by atoms with Crippen LogP contribution in [-0.4, -0.2) is 31.4 Å². The van der Waals surface area contributed by atoms with Crippen LogP contribution in [0.1, 0.15) is 22.4 Å². The second kappa shape index (κ2) is 7.85. The van der Waals surface area contributed by atoms with E-state index in [-0.39, 0.29) is 0 Å². The van der Waals surface area contributed by atoms with E-state index in [1.165, 1.54) is 18.5 Å². The van der Waals surface area contributed by atoms with Crippen LogP contribution >= 0.6 is 23.2 Å². The van der Waals surface area contributed by atoms with Crippen molar-refractivity contribution in [3.63, 3.8) is 0 Å². The average Bonchev–Trinajstić information content (AvgIpc) is 2.70. The van der Waals surface area contributed by atoms with Crippen molar-refractivity contribution in [2.75, 3.05) is 6.54 Å². The third-order valence-corrected chi connectivity index (χ3v) is 5.37. The van der Waals surface area contributed by atoms with Crippen LogP contribution in [0.15, 0.2) is 36.8 Å². The zero-order valence-corrected chi connectivity index (χ0v) is 16.4. The summed E-state index contributed by atoms with van der Waals surface area (Å²) < 4.78 is 38.3. The first-order chi connectivity index (χ1) is 13.8. The second-order valence-corrected chi connectivity index (χ2v) is 7.35. The van der Waals surface area contributed by atoms with Crippen molar-refractivity contribution in [1.82, 2.24) is 24.8 Å². The van der Waals surface area contributed by atoms with Gasteiger partial charge in [0.25, 0.3) is 0 Å². The van der Waals surface area contributed by atoms with E-state index in [2.05, 4.69) is 24.8 Å². The average molecular weight is 440 g/mol. The Morgan fingerprint density at radius 2 is 1.69 bits per heavy atom. The second-order valence-electron chi connectivity index (χ2n) is 6.64. The van der Waals surface area contributed by atoms with Crippen molar-refractivity contribution < 1.29 is 13.2 Å². The van der Waals surface area contributed by atoms with Gasteiger partial charge in [0.05, 0.1) is 11.3 Å². The van der Waals surface area contributed by atoms with Crippen LogP contribution in [0.4, 0.5) is 13.2 Å². The Morgan fingerprint density at radius 1 is 1.00 bits per heavy atom. The Kier molecular flexibility index (Phi) is 5.42. The molecule has 0 aliphatic carbocycles. The van der Waals surface area contributed by atoms with Gasteiger partial charge in [0.15, 0.2) is 5.82 Å². The number of fused-ring (bicyclic) bond motifs is 1. The zero-order chi connectivity index (χ0) is 20.6. The standard InChI is InChI=1S/C19H14Cl2F3N5/c20-16-14(17(21)27-10-26-16)8-29-6-5-12-7-25-18(28-15(12)9-29)11-1-3-13(4-2-11)19(22,23)24/h1-4,7,10H,5-6,8-9H2. The van der Waals surface area contributed by atoms with Gasteiger partial charge in [0.2, 0.25) is 0 Å². The Bertz CT molecular complexity index is 1020. The number of rotatable bonds is 3. The van der Waals surface area contributed by atoms with Crippen molar-refractivity contribution in [3.8, 4) is 11.4 Å². The van der Waals surface area contributed by atoms with Gasteiger partial charge < -0.3 is 0 Å². The Labute approximate surface area is 174 Å². The maximum atomic E-state index is 12.8. The summed E-state index contributed by atoms with van der Waals surface area (Å²) in [6.45, 7) is 1.77. The van der Waals surface area contributed by atoms with Crippen LogP contribution in [-0.2, 0) is 25.7 Å². The minimum atomic E-state index is -4.38. The number of nitrogens with zero attached hydrogens (tertiary/aromatic N) is 5. The molecule has 0 amide bonds. The van der Waals surface area contributed by atoms with Crippen LogP contribution < -0.4 is 0 Å². The molecular weight excluding hydrogens is 426 g/mol. The monoisotopic (exact) mass is 439 g/mol. The third kappa shape index (κ3) is 4.34. The van der Waals surface area contributed by atoms with Crippen LogP contribution in [0, 0.1) is 0 Å². The third-order valence-electron chi connectivity index (χ3n) is 4.72.